The summed E-state index contributed by atoms with van der Waals surface area (Å²) in [6.07, 6.45) is 0.669. The van der Waals surface area contributed by atoms with Crippen molar-refractivity contribution in [3.63, 3.8) is 0 Å². The maximum absolute atomic E-state index is 13.1. The molecule has 154 valence electrons. The standard InChI is InChI=1S/C22H29N5O2/c1-15-8-6-7-9-17(15)19-14-21-26(5)16(2)18(22(29)27(21)24-19)10-11-20(28)23-12-13-25(3)4/h6-9,14H,10-13H2,1-5H3,(H,23,28). The van der Waals surface area contributed by atoms with E-state index >= 15 is 0 Å². The highest BCUT2D eigenvalue weighted by Gasteiger charge is 2.17. The van der Waals surface area contributed by atoms with Crippen LogP contribution in [0.5, 0.6) is 0 Å². The quantitative estimate of drug-likeness (QED) is 0.664. The SMILES string of the molecule is Cc1ccccc1-c1cc2n(C)c(C)c(CCC(=O)NCCN(C)C)c(=O)n2n1. The minimum absolute atomic E-state index is 0.0468. The Balaban J connectivity index is 1.89. The summed E-state index contributed by atoms with van der Waals surface area (Å²) in [6.45, 7) is 5.33. The molecule has 1 amide bonds. The van der Waals surface area contributed by atoms with Crippen LogP contribution in [0.3, 0.4) is 0 Å². The van der Waals surface area contributed by atoms with E-state index in [-0.39, 0.29) is 17.9 Å². The molecule has 0 aliphatic rings. The molecule has 2 aromatic heterocycles. The van der Waals surface area contributed by atoms with Crippen molar-refractivity contribution in [1.82, 2.24) is 24.4 Å². The van der Waals surface area contributed by atoms with Crippen LogP contribution in [0.2, 0.25) is 0 Å². The number of carbonyl (C=O) groups excluding carboxylic acids is 1. The number of benzene rings is 1. The van der Waals surface area contributed by atoms with Crippen molar-refractivity contribution in [2.75, 3.05) is 27.2 Å². The molecule has 0 saturated heterocycles. The number of hydrogen-bond acceptors (Lipinski definition) is 4. The van der Waals surface area contributed by atoms with Crippen LogP contribution >= 0.6 is 0 Å². The summed E-state index contributed by atoms with van der Waals surface area (Å²) in [7, 11) is 5.85. The molecule has 0 fully saturated rings. The molecular formula is C22H29N5O2. The van der Waals surface area contributed by atoms with Crippen LogP contribution in [-0.2, 0) is 18.3 Å². The highest BCUT2D eigenvalue weighted by molar-refractivity contribution is 5.76. The smallest absolute Gasteiger partial charge is 0.277 e. The fourth-order valence-electron chi connectivity index (χ4n) is 3.44. The summed E-state index contributed by atoms with van der Waals surface area (Å²) < 4.78 is 3.42. The van der Waals surface area contributed by atoms with E-state index in [0.717, 1.165) is 34.7 Å². The number of aryl methyl sites for hydroxylation is 2. The minimum Gasteiger partial charge on any atom is -0.355 e. The summed E-state index contributed by atoms with van der Waals surface area (Å²) in [6, 6.07) is 9.93. The first-order valence-electron chi connectivity index (χ1n) is 9.85. The zero-order valence-electron chi connectivity index (χ0n) is 17.8. The van der Waals surface area contributed by atoms with Crippen molar-refractivity contribution in [2.24, 2.45) is 7.05 Å². The fourth-order valence-corrected chi connectivity index (χ4v) is 3.44. The minimum atomic E-state index is -0.156. The normalized spacial score (nSPS) is 11.4. The molecule has 0 spiro atoms. The number of rotatable bonds is 7. The molecule has 0 saturated carbocycles. The lowest BCUT2D eigenvalue weighted by Crippen LogP contribution is -2.32. The first-order chi connectivity index (χ1) is 13.8. The highest BCUT2D eigenvalue weighted by atomic mass is 16.1. The Labute approximate surface area is 171 Å². The van der Waals surface area contributed by atoms with Gasteiger partial charge in [0.05, 0.1) is 5.69 Å². The summed E-state index contributed by atoms with van der Waals surface area (Å²) in [5, 5.41) is 7.47. The first kappa shape index (κ1) is 20.8. The van der Waals surface area contributed by atoms with Crippen molar-refractivity contribution in [3.05, 3.63) is 57.5 Å². The monoisotopic (exact) mass is 395 g/mol. The third-order valence-corrected chi connectivity index (χ3v) is 5.33. The van der Waals surface area contributed by atoms with E-state index in [9.17, 15) is 9.59 Å². The second-order valence-electron chi connectivity index (χ2n) is 7.70. The number of nitrogens with zero attached hydrogens (tertiary/aromatic N) is 4. The van der Waals surface area contributed by atoms with Gasteiger partial charge in [0.15, 0.2) is 0 Å². The number of aromatic nitrogens is 3. The molecule has 29 heavy (non-hydrogen) atoms. The van der Waals surface area contributed by atoms with Gasteiger partial charge in [-0.3, -0.25) is 9.59 Å². The average molecular weight is 396 g/mol. The van der Waals surface area contributed by atoms with Gasteiger partial charge in [-0.2, -0.15) is 9.61 Å². The van der Waals surface area contributed by atoms with E-state index in [1.807, 2.05) is 74.8 Å². The molecule has 3 aromatic rings. The lowest BCUT2D eigenvalue weighted by Gasteiger charge is -2.13. The molecule has 0 atom stereocenters. The predicted octanol–water partition coefficient (Wildman–Crippen LogP) is 1.93. The molecule has 7 nitrogen and oxygen atoms in total. The summed E-state index contributed by atoms with van der Waals surface area (Å²) in [5.41, 5.74) is 4.96. The third kappa shape index (κ3) is 4.40. The molecular weight excluding hydrogens is 366 g/mol. The zero-order valence-corrected chi connectivity index (χ0v) is 17.8. The van der Waals surface area contributed by atoms with Crippen LogP contribution in [0.25, 0.3) is 16.9 Å². The molecule has 2 heterocycles. The van der Waals surface area contributed by atoms with Crippen LogP contribution in [-0.4, -0.2) is 52.2 Å². The molecule has 0 unspecified atom stereocenters. The van der Waals surface area contributed by atoms with Gasteiger partial charge in [0, 0.05) is 49.4 Å². The maximum atomic E-state index is 13.1. The van der Waals surface area contributed by atoms with E-state index in [4.69, 9.17) is 0 Å². The van der Waals surface area contributed by atoms with E-state index in [1.54, 1.807) is 0 Å². The lowest BCUT2D eigenvalue weighted by molar-refractivity contribution is -0.121. The third-order valence-electron chi connectivity index (χ3n) is 5.33. The Morgan fingerprint density at radius 3 is 2.62 bits per heavy atom. The van der Waals surface area contributed by atoms with Gasteiger partial charge < -0.3 is 14.8 Å². The highest BCUT2D eigenvalue weighted by Crippen LogP contribution is 2.23. The summed E-state index contributed by atoms with van der Waals surface area (Å²) in [5.74, 6) is -0.0468. The van der Waals surface area contributed by atoms with Gasteiger partial charge in [0.2, 0.25) is 5.91 Å². The Morgan fingerprint density at radius 1 is 1.21 bits per heavy atom. The molecule has 1 aromatic carbocycles. The molecule has 1 N–H and O–H groups in total. The fraction of sp³-hybridized carbons (Fsp3) is 0.409. The number of amides is 1. The number of carbonyl (C=O) groups is 1. The topological polar surface area (TPSA) is 71.6 Å². The summed E-state index contributed by atoms with van der Waals surface area (Å²) in [4.78, 5) is 27.2. The Bertz CT molecular complexity index is 1090. The van der Waals surface area contributed by atoms with Crippen LogP contribution in [0.15, 0.2) is 35.1 Å². The molecule has 0 aliphatic carbocycles. The van der Waals surface area contributed by atoms with Gasteiger partial charge >= 0.3 is 0 Å². The molecule has 0 aliphatic heterocycles. The van der Waals surface area contributed by atoms with Gasteiger partial charge in [-0.25, -0.2) is 0 Å². The van der Waals surface area contributed by atoms with E-state index in [1.165, 1.54) is 4.52 Å². The summed E-state index contributed by atoms with van der Waals surface area (Å²) >= 11 is 0. The molecule has 3 rings (SSSR count). The predicted molar refractivity (Wildman–Crippen MR) is 115 cm³/mol. The van der Waals surface area contributed by atoms with Crippen molar-refractivity contribution in [2.45, 2.75) is 26.7 Å². The van der Waals surface area contributed by atoms with Gasteiger partial charge in [0.25, 0.3) is 5.56 Å². The van der Waals surface area contributed by atoms with Gasteiger partial charge in [-0.15, -0.1) is 0 Å². The van der Waals surface area contributed by atoms with Gasteiger partial charge in [-0.1, -0.05) is 24.3 Å². The Kier molecular flexibility index (Phi) is 6.17. The number of hydrogen-bond donors (Lipinski definition) is 1. The van der Waals surface area contributed by atoms with Crippen molar-refractivity contribution < 1.29 is 4.79 Å². The van der Waals surface area contributed by atoms with E-state index < -0.39 is 0 Å². The Hall–Kier alpha value is -2.93. The molecule has 0 radical (unpaired) electrons. The second kappa shape index (κ2) is 8.61. The zero-order chi connectivity index (χ0) is 21.1. The number of fused-ring (bicyclic) bond motifs is 1. The number of nitrogens with one attached hydrogen (secondary N) is 1. The van der Waals surface area contributed by atoms with Crippen LogP contribution in [0, 0.1) is 13.8 Å². The van der Waals surface area contributed by atoms with Gasteiger partial charge in [0.1, 0.15) is 5.65 Å². The number of likely N-dealkylation sites (N-methyl/N-ethyl adjacent to an activating group) is 1. The second-order valence-corrected chi connectivity index (χ2v) is 7.70. The van der Waals surface area contributed by atoms with Crippen LogP contribution in [0.4, 0.5) is 0 Å². The largest absolute Gasteiger partial charge is 0.355 e. The average Bonchev–Trinajstić information content (AvgIpc) is 3.12. The van der Waals surface area contributed by atoms with Crippen molar-refractivity contribution >= 4 is 11.6 Å². The van der Waals surface area contributed by atoms with Crippen LogP contribution in [0.1, 0.15) is 23.2 Å². The van der Waals surface area contributed by atoms with E-state index in [0.29, 0.717) is 18.5 Å². The van der Waals surface area contributed by atoms with E-state index in [2.05, 4.69) is 10.4 Å². The molecule has 0 bridgehead atoms. The van der Waals surface area contributed by atoms with Gasteiger partial charge in [-0.05, 0) is 39.9 Å². The maximum Gasteiger partial charge on any atom is 0.277 e. The first-order valence-corrected chi connectivity index (χ1v) is 9.85. The van der Waals surface area contributed by atoms with Crippen LogP contribution < -0.4 is 10.9 Å². The Morgan fingerprint density at radius 2 is 1.93 bits per heavy atom. The van der Waals surface area contributed by atoms with Crippen molar-refractivity contribution in [3.8, 4) is 11.3 Å². The molecule has 7 heteroatoms. The lowest BCUT2D eigenvalue weighted by atomic mass is 10.1. The van der Waals surface area contributed by atoms with Crippen molar-refractivity contribution in [1.29, 1.82) is 0 Å².